The van der Waals surface area contributed by atoms with Crippen molar-refractivity contribution in [1.82, 2.24) is 0 Å². The van der Waals surface area contributed by atoms with Gasteiger partial charge in [-0.1, -0.05) is 119 Å². The molecular formula is C75H68Br2Cl4N6O7+2. The summed E-state index contributed by atoms with van der Waals surface area (Å²) in [7, 11) is 3.30. The summed E-state index contributed by atoms with van der Waals surface area (Å²) in [5, 5.41) is 31.5. The number of nitro benzene ring substituents is 2. The Kier molecular flexibility index (Phi) is 18.5. The lowest BCUT2D eigenvalue weighted by molar-refractivity contribution is -0.445. The molecular weight excluding hydrogens is 1400 g/mol. The average Bonchev–Trinajstić information content (AvgIpc) is 1.59. The summed E-state index contributed by atoms with van der Waals surface area (Å²) in [6.07, 6.45) is 13.2. The predicted octanol–water partition coefficient (Wildman–Crippen LogP) is 19.2. The number of hydrogen-bond acceptors (Lipinski definition) is 9. The lowest BCUT2D eigenvalue weighted by Crippen LogP contribution is -2.34. The maximum atomic E-state index is 15.8. The summed E-state index contributed by atoms with van der Waals surface area (Å²) >= 11 is 33.8. The first kappa shape index (κ1) is 66.7. The third-order valence-electron chi connectivity index (χ3n) is 19.4. The van der Waals surface area contributed by atoms with Gasteiger partial charge >= 0.3 is 0 Å². The van der Waals surface area contributed by atoms with Crippen LogP contribution in [0.2, 0.25) is 20.1 Å². The Labute approximate surface area is 583 Å². The third-order valence-corrected chi connectivity index (χ3v) is 21.8. The van der Waals surface area contributed by atoms with Crippen LogP contribution in [0.3, 0.4) is 0 Å². The van der Waals surface area contributed by atoms with Crippen LogP contribution in [-0.4, -0.2) is 89.8 Å². The molecule has 94 heavy (non-hydrogen) atoms. The minimum atomic E-state index is -0.845. The molecule has 13 nitrogen and oxygen atoms in total. The van der Waals surface area contributed by atoms with Crippen LogP contribution in [0.25, 0.3) is 21.5 Å². The van der Waals surface area contributed by atoms with E-state index in [0.29, 0.717) is 68.2 Å². The molecule has 0 spiro atoms. The largest absolute Gasteiger partial charge is 0.383 e. The van der Waals surface area contributed by atoms with Crippen molar-refractivity contribution in [2.75, 3.05) is 63.4 Å². The summed E-state index contributed by atoms with van der Waals surface area (Å²) in [5.41, 5.74) is 9.36. The number of hydrogen-bond donors (Lipinski definition) is 0. The number of nitrogens with zero attached hydrogens (tertiary/aromatic N) is 6. The fraction of sp³-hybridized carbons (Fsp3) is 0.267. The van der Waals surface area contributed by atoms with Crippen molar-refractivity contribution in [3.05, 3.63) is 264 Å². The molecule has 0 bridgehead atoms. The maximum absolute atomic E-state index is 15.8. The van der Waals surface area contributed by atoms with Gasteiger partial charge in [0.1, 0.15) is 0 Å². The van der Waals surface area contributed by atoms with Crippen molar-refractivity contribution in [1.29, 1.82) is 0 Å². The molecule has 480 valence electrons. The van der Waals surface area contributed by atoms with Crippen molar-refractivity contribution < 1.29 is 33.3 Å². The van der Waals surface area contributed by atoms with Crippen molar-refractivity contribution in [3.8, 4) is 0 Å². The highest BCUT2D eigenvalue weighted by Gasteiger charge is 2.51. The number of methoxy groups -OCH3 is 2. The second-order valence-corrected chi connectivity index (χ2v) is 29.2. The van der Waals surface area contributed by atoms with Crippen molar-refractivity contribution in [2.45, 2.75) is 76.0 Å². The van der Waals surface area contributed by atoms with E-state index in [4.69, 9.17) is 55.9 Å². The Morgan fingerprint density at radius 3 is 1.32 bits per heavy atom. The van der Waals surface area contributed by atoms with Gasteiger partial charge in [0.05, 0.1) is 42.8 Å². The molecule has 0 saturated heterocycles. The van der Waals surface area contributed by atoms with Gasteiger partial charge in [-0.05, 0) is 191 Å². The highest BCUT2D eigenvalue weighted by atomic mass is 79.9. The normalized spacial score (nSPS) is 19.5. The molecule has 12 rings (SSSR count). The number of fused-ring (bicyclic) bond motifs is 8. The fourth-order valence-electron chi connectivity index (χ4n) is 15.0. The molecule has 2 unspecified atom stereocenters. The number of carbonyl (C=O) groups excluding carboxylic acids is 1. The summed E-state index contributed by atoms with van der Waals surface area (Å²) in [6.45, 7) is 14.7. The summed E-state index contributed by atoms with van der Waals surface area (Å²) in [6, 6.07) is 43.0. The third kappa shape index (κ3) is 11.7. The van der Waals surface area contributed by atoms with Gasteiger partial charge in [-0.25, -0.2) is 0 Å². The van der Waals surface area contributed by atoms with Gasteiger partial charge < -0.3 is 19.3 Å². The molecule has 0 aliphatic carbocycles. The summed E-state index contributed by atoms with van der Waals surface area (Å²) < 4.78 is 16.5. The van der Waals surface area contributed by atoms with Crippen LogP contribution in [0, 0.1) is 20.2 Å². The number of benzene rings is 8. The van der Waals surface area contributed by atoms with Crippen LogP contribution in [0.1, 0.15) is 74.9 Å². The topological polar surface area (TPSA) is 134 Å². The van der Waals surface area contributed by atoms with Gasteiger partial charge in [0.2, 0.25) is 24.5 Å². The Morgan fingerprint density at radius 1 is 0.553 bits per heavy atom. The second-order valence-electron chi connectivity index (χ2n) is 25.8. The number of allylic oxidation sites excluding steroid dienone is 8. The van der Waals surface area contributed by atoms with E-state index in [2.05, 4.69) is 177 Å². The van der Waals surface area contributed by atoms with Gasteiger partial charge in [0.15, 0.2) is 11.4 Å². The van der Waals surface area contributed by atoms with Crippen LogP contribution >= 0.6 is 78.3 Å². The Balaban J connectivity index is 0.990. The second kappa shape index (κ2) is 26.0. The first-order valence-corrected chi connectivity index (χ1v) is 33.9. The first-order chi connectivity index (χ1) is 44.8. The average molecular weight is 1470 g/mol. The van der Waals surface area contributed by atoms with E-state index in [9.17, 15) is 20.2 Å². The molecule has 2 atom stereocenters. The SMILES string of the molecule is COCCN1/C(=C/C=C/C2=[N+](CC(=O)C[N+]3=C(/C=C/C=C4/N(CCOC)c5cc(Br)c([N+](=O)[O-])cc5C4(C)Cc4ccc(Cl)cc4Cl)C(C)(C)c4c3ccc3ccccc43)c3ccc4ccccc4c3C2(C)C)C(C)(Cc2ccc(Cl)cc2Cl)c2cc([N+](=O)[O-])c(Br)cc21. The van der Waals surface area contributed by atoms with Crippen LogP contribution in [-0.2, 0) is 48.8 Å². The van der Waals surface area contributed by atoms with Crippen molar-refractivity contribution in [3.63, 3.8) is 0 Å². The summed E-state index contributed by atoms with van der Waals surface area (Å²) in [4.78, 5) is 44.6. The maximum Gasteiger partial charge on any atom is 0.283 e. The number of halogens is 6. The van der Waals surface area contributed by atoms with Gasteiger partial charge in [0, 0.05) is 129 Å². The number of carbonyl (C=O) groups is 1. The quantitative estimate of drug-likeness (QED) is 0.0415. The van der Waals surface area contributed by atoms with Gasteiger partial charge in [-0.15, -0.1) is 0 Å². The molecule has 0 fully saturated rings. The molecule has 8 aromatic rings. The Hall–Kier alpha value is -7.31. The van der Waals surface area contributed by atoms with Crippen LogP contribution in [0.4, 0.5) is 34.1 Å². The molecule has 4 heterocycles. The Bertz CT molecular complexity index is 4440. The molecule has 0 aromatic heterocycles. The number of rotatable bonds is 20. The highest BCUT2D eigenvalue weighted by molar-refractivity contribution is 9.11. The van der Waals surface area contributed by atoms with Crippen LogP contribution < -0.4 is 9.80 Å². The molecule has 4 aliphatic rings. The van der Waals surface area contributed by atoms with Crippen LogP contribution in [0.5, 0.6) is 0 Å². The molecule has 0 N–H and O–H groups in total. The highest BCUT2D eigenvalue weighted by Crippen LogP contribution is 2.56. The fourth-order valence-corrected chi connectivity index (χ4v) is 16.9. The number of nitro groups is 2. The van der Waals surface area contributed by atoms with E-state index in [-0.39, 0.29) is 40.1 Å². The zero-order valence-corrected chi connectivity index (χ0v) is 59.3. The van der Waals surface area contributed by atoms with Crippen LogP contribution in [0.15, 0.2) is 190 Å². The smallest absolute Gasteiger partial charge is 0.283 e. The molecule has 8 aromatic carbocycles. The lowest BCUT2D eigenvalue weighted by Gasteiger charge is -2.31. The molecule has 19 heteroatoms. The van der Waals surface area contributed by atoms with Crippen molar-refractivity contribution in [2.24, 2.45) is 0 Å². The van der Waals surface area contributed by atoms with E-state index in [1.54, 1.807) is 50.6 Å². The van der Waals surface area contributed by atoms with E-state index < -0.39 is 21.7 Å². The monoisotopic (exact) mass is 1460 g/mol. The molecule has 0 saturated carbocycles. The molecule has 0 amide bonds. The van der Waals surface area contributed by atoms with E-state index in [0.717, 1.165) is 100 Å². The van der Waals surface area contributed by atoms with E-state index in [1.165, 1.54) is 0 Å². The number of Topliss-reactive ketones (excluding diaryl/α,β-unsaturated/α-hetero) is 1. The standard InChI is InChI=1S/C75H68Br2Cl4N6O7/c1-72(2)66(19-13-21-68-74(5,41-47-23-27-49(78)35-58(47)80)54-37-64(86(89)90)56(76)39-62(54)82(68)31-33-93-7)84(60-29-25-45-15-9-11-17-52(45)70(60)72)43-51(88)44-85-61-30-26-46-16-10-12-18-53(46)71(61)73(3,4)67(85)20-14-22-69-75(6,42-48-24-28-50(79)36-59(48)81)55-38-65(87(91)92)57(77)40-63(55)83(69)32-34-94-8/h9-30,35-40H,31-34,41-44H2,1-8H3/q+2. The minimum Gasteiger partial charge on any atom is -0.383 e. The first-order valence-electron chi connectivity index (χ1n) is 30.8. The zero-order valence-electron chi connectivity index (χ0n) is 53.1. The van der Waals surface area contributed by atoms with Gasteiger partial charge in [-0.2, -0.15) is 9.15 Å². The predicted molar refractivity (Wildman–Crippen MR) is 388 cm³/mol. The zero-order chi connectivity index (χ0) is 66.9. The van der Waals surface area contributed by atoms with Crippen molar-refractivity contribution >= 4 is 151 Å². The van der Waals surface area contributed by atoms with Gasteiger partial charge in [-0.3, -0.25) is 25.0 Å². The van der Waals surface area contributed by atoms with E-state index in [1.807, 2.05) is 48.6 Å². The summed E-state index contributed by atoms with van der Waals surface area (Å²) in [5.74, 6) is -0.0322. The number of ether oxygens (including phenoxy) is 2. The molecule has 4 aliphatic heterocycles. The lowest BCUT2D eigenvalue weighted by atomic mass is 9.76. The van der Waals surface area contributed by atoms with Gasteiger partial charge in [0.25, 0.3) is 17.2 Å². The minimum absolute atomic E-state index is 0.0296. The number of anilines is 2. The molecule has 0 radical (unpaired) electrons. The Morgan fingerprint density at radius 2 is 0.947 bits per heavy atom. The number of ketones is 1. The van der Waals surface area contributed by atoms with E-state index >= 15 is 4.79 Å².